The zero-order valence-electron chi connectivity index (χ0n) is 17.3. The van der Waals surface area contributed by atoms with Gasteiger partial charge < -0.3 is 14.8 Å². The van der Waals surface area contributed by atoms with E-state index in [0.717, 1.165) is 17.7 Å². The SMILES string of the molecule is Cc1cc([C@@H](C)Nc2ccccc2C(=O)O)c2oc(-c3ccc(F)c(F)c3)cc(=O)c2c1. The molecule has 7 heteroatoms. The number of halogens is 2. The van der Waals surface area contributed by atoms with Crippen LogP contribution in [0.4, 0.5) is 14.5 Å². The minimum Gasteiger partial charge on any atom is -0.478 e. The summed E-state index contributed by atoms with van der Waals surface area (Å²) in [6.45, 7) is 3.65. The molecule has 0 radical (unpaired) electrons. The zero-order chi connectivity index (χ0) is 23.0. The van der Waals surface area contributed by atoms with Gasteiger partial charge in [0.05, 0.1) is 17.0 Å². The lowest BCUT2D eigenvalue weighted by Gasteiger charge is -2.19. The number of nitrogens with one attached hydrogen (secondary N) is 1. The predicted molar refractivity (Wildman–Crippen MR) is 118 cm³/mol. The van der Waals surface area contributed by atoms with Crippen LogP contribution in [0, 0.1) is 18.6 Å². The largest absolute Gasteiger partial charge is 0.478 e. The summed E-state index contributed by atoms with van der Waals surface area (Å²) in [4.78, 5) is 24.4. The number of carboxylic acid groups (broad SMARTS) is 1. The molecule has 4 aromatic rings. The van der Waals surface area contributed by atoms with Crippen LogP contribution < -0.4 is 10.7 Å². The molecule has 1 heterocycles. The molecule has 3 aromatic carbocycles. The molecule has 1 aromatic heterocycles. The molecule has 0 aliphatic rings. The first kappa shape index (κ1) is 21.2. The van der Waals surface area contributed by atoms with E-state index in [0.29, 0.717) is 16.6 Å². The highest BCUT2D eigenvalue weighted by molar-refractivity contribution is 5.94. The van der Waals surface area contributed by atoms with E-state index in [1.807, 2.05) is 19.9 Å². The number of para-hydroxylation sites is 1. The molecule has 0 spiro atoms. The number of fused-ring (bicyclic) bond motifs is 1. The molecule has 2 N–H and O–H groups in total. The number of carbonyl (C=O) groups is 1. The zero-order valence-corrected chi connectivity index (χ0v) is 17.3. The van der Waals surface area contributed by atoms with E-state index < -0.39 is 23.6 Å². The normalized spacial score (nSPS) is 12.0. The number of rotatable bonds is 5. The number of anilines is 1. The first-order valence-corrected chi connectivity index (χ1v) is 9.87. The summed E-state index contributed by atoms with van der Waals surface area (Å²) in [5, 5.41) is 13.0. The molecule has 0 fully saturated rings. The van der Waals surface area contributed by atoms with Crippen LogP contribution in [-0.2, 0) is 0 Å². The van der Waals surface area contributed by atoms with Crippen molar-refractivity contribution in [1.29, 1.82) is 0 Å². The summed E-state index contributed by atoms with van der Waals surface area (Å²) in [6, 6.07) is 14.1. The van der Waals surface area contributed by atoms with Gasteiger partial charge in [-0.05, 0) is 55.8 Å². The van der Waals surface area contributed by atoms with Gasteiger partial charge in [-0.25, -0.2) is 13.6 Å². The number of hydrogen-bond acceptors (Lipinski definition) is 4. The molecule has 0 aliphatic heterocycles. The second-order valence-electron chi connectivity index (χ2n) is 7.55. The van der Waals surface area contributed by atoms with Gasteiger partial charge in [0.1, 0.15) is 11.3 Å². The highest BCUT2D eigenvalue weighted by Gasteiger charge is 2.18. The number of carboxylic acids is 1. The van der Waals surface area contributed by atoms with Crippen LogP contribution in [-0.4, -0.2) is 11.1 Å². The molecule has 0 unspecified atom stereocenters. The van der Waals surface area contributed by atoms with Gasteiger partial charge in [0.15, 0.2) is 17.1 Å². The lowest BCUT2D eigenvalue weighted by atomic mass is 10.00. The third-order valence-corrected chi connectivity index (χ3v) is 5.20. The summed E-state index contributed by atoms with van der Waals surface area (Å²) < 4.78 is 33.1. The monoisotopic (exact) mass is 435 g/mol. The molecule has 0 saturated carbocycles. The highest BCUT2D eigenvalue weighted by Crippen LogP contribution is 2.31. The fourth-order valence-corrected chi connectivity index (χ4v) is 3.65. The molecule has 4 rings (SSSR count). The van der Waals surface area contributed by atoms with Crippen molar-refractivity contribution in [3.63, 3.8) is 0 Å². The Hall–Kier alpha value is -4.00. The average molecular weight is 435 g/mol. The van der Waals surface area contributed by atoms with Crippen LogP contribution >= 0.6 is 0 Å². The van der Waals surface area contributed by atoms with Crippen molar-refractivity contribution < 1.29 is 23.1 Å². The Labute approximate surface area is 181 Å². The van der Waals surface area contributed by atoms with Crippen molar-refractivity contribution in [2.24, 2.45) is 0 Å². The summed E-state index contributed by atoms with van der Waals surface area (Å²) in [5.74, 6) is -3.01. The first-order chi connectivity index (χ1) is 15.2. The minimum atomic E-state index is -1.07. The average Bonchev–Trinajstić information content (AvgIpc) is 2.75. The molecule has 0 saturated heterocycles. The lowest BCUT2D eigenvalue weighted by Crippen LogP contribution is -2.12. The second kappa shape index (κ2) is 8.26. The van der Waals surface area contributed by atoms with Crippen LogP contribution in [0.25, 0.3) is 22.3 Å². The van der Waals surface area contributed by atoms with Gasteiger partial charge in [-0.1, -0.05) is 18.2 Å². The van der Waals surface area contributed by atoms with E-state index in [1.165, 1.54) is 18.2 Å². The van der Waals surface area contributed by atoms with Crippen molar-refractivity contribution in [2.75, 3.05) is 5.32 Å². The van der Waals surface area contributed by atoms with Crippen molar-refractivity contribution in [1.82, 2.24) is 0 Å². The van der Waals surface area contributed by atoms with Gasteiger partial charge in [0.2, 0.25) is 0 Å². The van der Waals surface area contributed by atoms with Crippen LogP contribution in [0.15, 0.2) is 69.9 Å². The fourth-order valence-electron chi connectivity index (χ4n) is 3.65. The van der Waals surface area contributed by atoms with Crippen LogP contribution in [0.5, 0.6) is 0 Å². The van der Waals surface area contributed by atoms with E-state index in [2.05, 4.69) is 5.32 Å². The van der Waals surface area contributed by atoms with Crippen molar-refractivity contribution in [3.05, 3.63) is 99.2 Å². The third kappa shape index (κ3) is 3.97. The van der Waals surface area contributed by atoms with Gasteiger partial charge >= 0.3 is 5.97 Å². The first-order valence-electron chi connectivity index (χ1n) is 9.87. The maximum atomic E-state index is 13.7. The minimum absolute atomic E-state index is 0.102. The molecule has 5 nitrogen and oxygen atoms in total. The van der Waals surface area contributed by atoms with Crippen LogP contribution in [0.2, 0.25) is 0 Å². The van der Waals surface area contributed by atoms with Crippen molar-refractivity contribution >= 4 is 22.6 Å². The summed E-state index contributed by atoms with van der Waals surface area (Å²) in [7, 11) is 0. The molecular formula is C25H19F2NO4. The van der Waals surface area contributed by atoms with E-state index >= 15 is 0 Å². The Morgan fingerprint density at radius 1 is 1.03 bits per heavy atom. The van der Waals surface area contributed by atoms with Gasteiger partial charge in [-0.2, -0.15) is 0 Å². The van der Waals surface area contributed by atoms with Gasteiger partial charge in [-0.15, -0.1) is 0 Å². The third-order valence-electron chi connectivity index (χ3n) is 5.20. The van der Waals surface area contributed by atoms with E-state index in [4.69, 9.17) is 4.42 Å². The Bertz CT molecular complexity index is 1410. The van der Waals surface area contributed by atoms with Crippen molar-refractivity contribution in [3.8, 4) is 11.3 Å². The lowest BCUT2D eigenvalue weighted by molar-refractivity contribution is 0.0698. The summed E-state index contributed by atoms with van der Waals surface area (Å²) >= 11 is 0. The molecule has 0 bridgehead atoms. The maximum Gasteiger partial charge on any atom is 0.337 e. The Morgan fingerprint density at radius 3 is 2.50 bits per heavy atom. The molecule has 162 valence electrons. The number of hydrogen-bond donors (Lipinski definition) is 2. The standard InChI is InChI=1S/C25H19F2NO4/c1-13-9-17(14(2)28-21-6-4-3-5-16(21)25(30)31)24-18(10-13)22(29)12-23(32-24)15-7-8-19(26)20(27)11-15/h3-12,14,28H,1-2H3,(H,30,31)/t14-/m1/s1. The van der Waals surface area contributed by atoms with Crippen LogP contribution in [0.1, 0.15) is 34.5 Å². The smallest absolute Gasteiger partial charge is 0.337 e. The predicted octanol–water partition coefficient (Wildman–Crippen LogP) is 5.92. The molecule has 1 atom stereocenters. The quantitative estimate of drug-likeness (QED) is 0.407. The molecule has 0 aliphatic carbocycles. The Kier molecular flexibility index (Phi) is 5.48. The van der Waals surface area contributed by atoms with Crippen molar-refractivity contribution in [2.45, 2.75) is 19.9 Å². The number of aryl methyl sites for hydroxylation is 1. The van der Waals surface area contributed by atoms with Gasteiger partial charge in [0, 0.05) is 22.9 Å². The van der Waals surface area contributed by atoms with E-state index in [1.54, 1.807) is 24.3 Å². The Balaban J connectivity index is 1.85. The number of benzene rings is 3. The summed E-state index contributed by atoms with van der Waals surface area (Å²) in [5.41, 5.74) is 2.17. The topological polar surface area (TPSA) is 79.5 Å². The fraction of sp³-hybridized carbons (Fsp3) is 0.120. The molecular weight excluding hydrogens is 416 g/mol. The molecule has 32 heavy (non-hydrogen) atoms. The summed E-state index contributed by atoms with van der Waals surface area (Å²) in [6.07, 6.45) is 0. The maximum absolute atomic E-state index is 13.7. The van der Waals surface area contributed by atoms with Gasteiger partial charge in [-0.3, -0.25) is 4.79 Å². The van der Waals surface area contributed by atoms with Gasteiger partial charge in [0.25, 0.3) is 0 Å². The highest BCUT2D eigenvalue weighted by atomic mass is 19.2. The van der Waals surface area contributed by atoms with E-state index in [-0.39, 0.29) is 27.9 Å². The number of aromatic carboxylic acids is 1. The molecule has 0 amide bonds. The van der Waals surface area contributed by atoms with E-state index in [9.17, 15) is 23.5 Å². The second-order valence-corrected chi connectivity index (χ2v) is 7.55. The Morgan fingerprint density at radius 2 is 1.78 bits per heavy atom. The van der Waals surface area contributed by atoms with Crippen LogP contribution in [0.3, 0.4) is 0 Å².